The molecule has 130 valence electrons. The summed E-state index contributed by atoms with van der Waals surface area (Å²) < 4.78 is 5.73. The molecule has 0 radical (unpaired) electrons. The Morgan fingerprint density at radius 2 is 1.91 bits per heavy atom. The first kappa shape index (κ1) is 19.8. The predicted octanol–water partition coefficient (Wildman–Crippen LogP) is 3.08. The predicted molar refractivity (Wildman–Crippen MR) is 96.2 cm³/mol. The highest BCUT2D eigenvalue weighted by Crippen LogP contribution is 2.28. The standard InChI is InChI=1S/C18H28N2O2.ClH/c1-13-9-14(2)11-15(10-13)22-8-6-17(21)20-7-5-16(19)18(3,4)12-20;/h9-11,16H,5-8,12,19H2,1-4H3;1H. The third-order valence-corrected chi connectivity index (χ3v) is 4.44. The lowest BCUT2D eigenvalue weighted by atomic mass is 9.79. The van der Waals surface area contributed by atoms with E-state index in [1.54, 1.807) is 0 Å². The highest BCUT2D eigenvalue weighted by molar-refractivity contribution is 5.85. The van der Waals surface area contributed by atoms with Gasteiger partial charge in [0.1, 0.15) is 5.75 Å². The lowest BCUT2D eigenvalue weighted by Gasteiger charge is -2.42. The van der Waals surface area contributed by atoms with Crippen molar-refractivity contribution in [3.8, 4) is 5.75 Å². The molecule has 1 atom stereocenters. The molecule has 0 spiro atoms. The molecule has 1 heterocycles. The number of hydrogen-bond donors (Lipinski definition) is 1. The van der Waals surface area contributed by atoms with E-state index in [0.717, 1.165) is 25.3 Å². The molecule has 1 aromatic rings. The number of halogens is 1. The van der Waals surface area contributed by atoms with Crippen LogP contribution in [0.3, 0.4) is 0 Å². The van der Waals surface area contributed by atoms with E-state index in [-0.39, 0.29) is 29.8 Å². The first-order valence-electron chi connectivity index (χ1n) is 8.02. The van der Waals surface area contributed by atoms with Gasteiger partial charge in [0, 0.05) is 19.1 Å². The van der Waals surface area contributed by atoms with Crippen molar-refractivity contribution in [2.24, 2.45) is 11.1 Å². The van der Waals surface area contributed by atoms with Crippen molar-refractivity contribution >= 4 is 18.3 Å². The molecule has 2 rings (SSSR count). The third-order valence-electron chi connectivity index (χ3n) is 4.44. The normalized spacial score (nSPS) is 19.9. The van der Waals surface area contributed by atoms with Gasteiger partial charge in [-0.05, 0) is 48.9 Å². The number of nitrogens with two attached hydrogens (primary N) is 1. The summed E-state index contributed by atoms with van der Waals surface area (Å²) in [7, 11) is 0. The highest BCUT2D eigenvalue weighted by atomic mass is 35.5. The quantitative estimate of drug-likeness (QED) is 0.916. The maximum atomic E-state index is 12.3. The van der Waals surface area contributed by atoms with Crippen LogP contribution >= 0.6 is 12.4 Å². The molecule has 5 heteroatoms. The fourth-order valence-electron chi connectivity index (χ4n) is 3.02. The van der Waals surface area contributed by atoms with Crippen LogP contribution in [-0.2, 0) is 4.79 Å². The number of likely N-dealkylation sites (tertiary alicyclic amines) is 1. The molecule has 1 aromatic carbocycles. The molecular weight excluding hydrogens is 312 g/mol. The zero-order valence-corrected chi connectivity index (χ0v) is 15.4. The third kappa shape index (κ3) is 5.40. The number of benzene rings is 1. The van der Waals surface area contributed by atoms with Gasteiger partial charge in [0.05, 0.1) is 13.0 Å². The van der Waals surface area contributed by atoms with Crippen LogP contribution in [0.25, 0.3) is 0 Å². The molecule has 0 saturated carbocycles. The number of carbonyl (C=O) groups excluding carboxylic acids is 1. The maximum absolute atomic E-state index is 12.3. The van der Waals surface area contributed by atoms with Gasteiger partial charge in [-0.15, -0.1) is 12.4 Å². The molecule has 1 unspecified atom stereocenters. The molecule has 0 aromatic heterocycles. The van der Waals surface area contributed by atoms with E-state index >= 15 is 0 Å². The molecule has 4 nitrogen and oxygen atoms in total. The van der Waals surface area contributed by atoms with Crippen LogP contribution in [0.5, 0.6) is 5.75 Å². The van der Waals surface area contributed by atoms with Crippen LogP contribution in [0.15, 0.2) is 18.2 Å². The average Bonchev–Trinajstić information content (AvgIpc) is 2.40. The number of hydrogen-bond acceptors (Lipinski definition) is 3. The maximum Gasteiger partial charge on any atom is 0.226 e. The van der Waals surface area contributed by atoms with Crippen LogP contribution in [0.1, 0.15) is 37.8 Å². The van der Waals surface area contributed by atoms with Crippen molar-refractivity contribution in [3.05, 3.63) is 29.3 Å². The van der Waals surface area contributed by atoms with E-state index in [2.05, 4.69) is 19.9 Å². The Hall–Kier alpha value is -1.26. The Labute approximate surface area is 145 Å². The van der Waals surface area contributed by atoms with Crippen LogP contribution in [0.4, 0.5) is 0 Å². The Bertz CT molecular complexity index is 526. The summed E-state index contributed by atoms with van der Waals surface area (Å²) in [6, 6.07) is 6.28. The Morgan fingerprint density at radius 3 is 2.48 bits per heavy atom. The van der Waals surface area contributed by atoms with Crippen molar-refractivity contribution in [2.45, 2.75) is 46.6 Å². The molecule has 1 aliphatic heterocycles. The number of ether oxygens (including phenoxy) is 1. The molecule has 1 amide bonds. The minimum Gasteiger partial charge on any atom is -0.493 e. The zero-order chi connectivity index (χ0) is 16.3. The van der Waals surface area contributed by atoms with Crippen molar-refractivity contribution in [1.29, 1.82) is 0 Å². The lowest BCUT2D eigenvalue weighted by molar-refractivity contribution is -0.135. The molecule has 1 fully saturated rings. The minimum atomic E-state index is -0.0115. The summed E-state index contributed by atoms with van der Waals surface area (Å²) in [6.07, 6.45) is 1.29. The molecule has 23 heavy (non-hydrogen) atoms. The average molecular weight is 341 g/mol. The van der Waals surface area contributed by atoms with Crippen LogP contribution in [-0.4, -0.2) is 36.5 Å². The number of rotatable bonds is 4. The van der Waals surface area contributed by atoms with E-state index in [1.807, 2.05) is 30.9 Å². The number of nitrogens with zero attached hydrogens (tertiary/aromatic N) is 1. The summed E-state index contributed by atoms with van der Waals surface area (Å²) in [5.74, 6) is 0.996. The molecular formula is C18H29ClN2O2. The smallest absolute Gasteiger partial charge is 0.226 e. The van der Waals surface area contributed by atoms with Gasteiger partial charge >= 0.3 is 0 Å². The SMILES string of the molecule is Cc1cc(C)cc(OCCC(=O)N2CCC(N)C(C)(C)C2)c1.Cl. The van der Waals surface area contributed by atoms with Gasteiger partial charge < -0.3 is 15.4 Å². The van der Waals surface area contributed by atoms with Crippen LogP contribution < -0.4 is 10.5 Å². The van der Waals surface area contributed by atoms with Gasteiger partial charge in [-0.25, -0.2) is 0 Å². The second-order valence-corrected chi connectivity index (χ2v) is 7.12. The Morgan fingerprint density at radius 1 is 1.30 bits per heavy atom. The van der Waals surface area contributed by atoms with E-state index in [0.29, 0.717) is 13.0 Å². The Balaban J connectivity index is 0.00000264. The second-order valence-electron chi connectivity index (χ2n) is 7.12. The van der Waals surface area contributed by atoms with Gasteiger partial charge in [-0.3, -0.25) is 4.79 Å². The highest BCUT2D eigenvalue weighted by Gasteiger charge is 2.35. The molecule has 0 bridgehead atoms. The van der Waals surface area contributed by atoms with Crippen LogP contribution in [0.2, 0.25) is 0 Å². The summed E-state index contributed by atoms with van der Waals surface area (Å²) in [6.45, 7) is 10.3. The lowest BCUT2D eigenvalue weighted by Crippen LogP contribution is -2.54. The van der Waals surface area contributed by atoms with Gasteiger partial charge in [-0.2, -0.15) is 0 Å². The first-order valence-corrected chi connectivity index (χ1v) is 8.02. The number of piperidine rings is 1. The molecule has 2 N–H and O–H groups in total. The second kappa shape index (κ2) is 8.02. The summed E-state index contributed by atoms with van der Waals surface area (Å²) in [5, 5.41) is 0. The van der Waals surface area contributed by atoms with Gasteiger partial charge in [0.15, 0.2) is 0 Å². The fraction of sp³-hybridized carbons (Fsp3) is 0.611. The monoisotopic (exact) mass is 340 g/mol. The van der Waals surface area contributed by atoms with E-state index < -0.39 is 0 Å². The van der Waals surface area contributed by atoms with Gasteiger partial charge in [-0.1, -0.05) is 19.9 Å². The van der Waals surface area contributed by atoms with E-state index in [1.165, 1.54) is 11.1 Å². The number of amides is 1. The first-order chi connectivity index (χ1) is 10.3. The Kier molecular flexibility index (Phi) is 6.90. The van der Waals surface area contributed by atoms with Crippen molar-refractivity contribution < 1.29 is 9.53 Å². The molecule has 0 aliphatic carbocycles. The van der Waals surface area contributed by atoms with Crippen molar-refractivity contribution in [1.82, 2.24) is 4.90 Å². The topological polar surface area (TPSA) is 55.6 Å². The molecule has 1 aliphatic rings. The van der Waals surface area contributed by atoms with Gasteiger partial charge in [0.25, 0.3) is 0 Å². The fourth-order valence-corrected chi connectivity index (χ4v) is 3.02. The largest absolute Gasteiger partial charge is 0.493 e. The van der Waals surface area contributed by atoms with Crippen LogP contribution in [0, 0.1) is 19.3 Å². The van der Waals surface area contributed by atoms with Gasteiger partial charge in [0.2, 0.25) is 5.91 Å². The minimum absolute atomic E-state index is 0. The summed E-state index contributed by atoms with van der Waals surface area (Å²) in [5.41, 5.74) is 8.45. The van der Waals surface area contributed by atoms with Crippen molar-refractivity contribution in [3.63, 3.8) is 0 Å². The zero-order valence-electron chi connectivity index (χ0n) is 14.6. The molecule has 1 saturated heterocycles. The van der Waals surface area contributed by atoms with E-state index in [9.17, 15) is 4.79 Å². The van der Waals surface area contributed by atoms with E-state index in [4.69, 9.17) is 10.5 Å². The summed E-state index contributed by atoms with van der Waals surface area (Å²) >= 11 is 0. The number of aryl methyl sites for hydroxylation is 2. The van der Waals surface area contributed by atoms with Crippen molar-refractivity contribution in [2.75, 3.05) is 19.7 Å². The number of carbonyl (C=O) groups is 1. The summed E-state index contributed by atoms with van der Waals surface area (Å²) in [4.78, 5) is 14.2.